The van der Waals surface area contributed by atoms with Crippen molar-refractivity contribution < 1.29 is 44.5 Å². The first-order valence-electron chi connectivity index (χ1n) is 10.7. The molecule has 1 aliphatic carbocycles. The molecule has 0 aromatic rings. The standard InChI is InChI=1S/C21H34O9/c1-9-6-14-13(11(3)20(27)28-14)5-4-12(9)15(7-10(2)23)29-21-19(26)18(25)17(24)16(8-22)30-21/h4,9-11,13-19,21-26H,5-8H2,1-3H3. The topological polar surface area (TPSA) is 146 Å². The lowest BCUT2D eigenvalue weighted by atomic mass is 9.86. The van der Waals surface area contributed by atoms with Crippen LogP contribution in [0.15, 0.2) is 11.6 Å². The molecule has 2 fully saturated rings. The van der Waals surface area contributed by atoms with Gasteiger partial charge in [-0.15, -0.1) is 0 Å². The van der Waals surface area contributed by atoms with E-state index in [1.54, 1.807) is 6.92 Å². The molecule has 0 saturated carbocycles. The Kier molecular flexibility index (Phi) is 7.55. The van der Waals surface area contributed by atoms with Crippen LogP contribution in [0.1, 0.15) is 40.0 Å². The molecule has 0 aromatic carbocycles. The second kappa shape index (κ2) is 9.60. The molecule has 2 aliphatic heterocycles. The van der Waals surface area contributed by atoms with Gasteiger partial charge in [-0.05, 0) is 31.3 Å². The lowest BCUT2D eigenvalue weighted by molar-refractivity contribution is -0.309. The van der Waals surface area contributed by atoms with E-state index in [-0.39, 0.29) is 36.2 Å². The summed E-state index contributed by atoms with van der Waals surface area (Å²) in [7, 11) is 0. The van der Waals surface area contributed by atoms with Crippen LogP contribution in [0.25, 0.3) is 0 Å². The summed E-state index contributed by atoms with van der Waals surface area (Å²) < 4.78 is 17.0. The summed E-state index contributed by atoms with van der Waals surface area (Å²) in [5.74, 6) is -0.282. The molecule has 0 bridgehead atoms. The summed E-state index contributed by atoms with van der Waals surface area (Å²) in [5.41, 5.74) is 0.908. The summed E-state index contributed by atoms with van der Waals surface area (Å²) >= 11 is 0. The van der Waals surface area contributed by atoms with Crippen LogP contribution < -0.4 is 0 Å². The molecule has 11 atom stereocenters. The monoisotopic (exact) mass is 430 g/mol. The summed E-state index contributed by atoms with van der Waals surface area (Å²) in [5, 5.41) is 49.8. The molecule has 11 unspecified atom stereocenters. The van der Waals surface area contributed by atoms with Crippen LogP contribution in [-0.2, 0) is 19.0 Å². The lowest BCUT2D eigenvalue weighted by Crippen LogP contribution is -2.59. The number of aliphatic hydroxyl groups is 5. The Hall–Kier alpha value is -1.07. The molecule has 5 N–H and O–H groups in total. The number of carbonyl (C=O) groups excluding carboxylic acids is 1. The molecule has 0 amide bonds. The van der Waals surface area contributed by atoms with Gasteiger partial charge in [-0.2, -0.15) is 0 Å². The van der Waals surface area contributed by atoms with Crippen molar-refractivity contribution in [1.82, 2.24) is 0 Å². The van der Waals surface area contributed by atoms with E-state index in [0.717, 1.165) is 5.57 Å². The Morgan fingerprint density at radius 1 is 1.20 bits per heavy atom. The fraction of sp³-hybridized carbons (Fsp3) is 0.857. The first-order valence-corrected chi connectivity index (χ1v) is 10.7. The fourth-order valence-electron chi connectivity index (χ4n) is 4.75. The van der Waals surface area contributed by atoms with Crippen molar-refractivity contribution in [1.29, 1.82) is 0 Å². The number of aliphatic hydroxyl groups excluding tert-OH is 5. The van der Waals surface area contributed by atoms with E-state index in [4.69, 9.17) is 14.2 Å². The zero-order chi connectivity index (χ0) is 22.2. The minimum atomic E-state index is -1.53. The van der Waals surface area contributed by atoms with Crippen LogP contribution in [-0.4, -0.2) is 87.1 Å². The Morgan fingerprint density at radius 2 is 1.90 bits per heavy atom. The van der Waals surface area contributed by atoms with E-state index < -0.39 is 49.5 Å². The van der Waals surface area contributed by atoms with Gasteiger partial charge < -0.3 is 39.7 Å². The molecule has 2 saturated heterocycles. The van der Waals surface area contributed by atoms with Crippen molar-refractivity contribution in [3.63, 3.8) is 0 Å². The van der Waals surface area contributed by atoms with Crippen LogP contribution in [0.4, 0.5) is 0 Å². The van der Waals surface area contributed by atoms with Crippen molar-refractivity contribution in [2.75, 3.05) is 6.61 Å². The van der Waals surface area contributed by atoms with Crippen molar-refractivity contribution in [3.8, 4) is 0 Å². The van der Waals surface area contributed by atoms with Gasteiger partial charge in [-0.3, -0.25) is 4.79 Å². The molecule has 0 aromatic heterocycles. The molecule has 172 valence electrons. The fourth-order valence-corrected chi connectivity index (χ4v) is 4.75. The maximum absolute atomic E-state index is 11.9. The van der Waals surface area contributed by atoms with Gasteiger partial charge in [-0.1, -0.05) is 19.9 Å². The van der Waals surface area contributed by atoms with E-state index in [2.05, 4.69) is 0 Å². The molecule has 9 heteroatoms. The van der Waals surface area contributed by atoms with E-state index in [1.165, 1.54) is 0 Å². The van der Waals surface area contributed by atoms with E-state index >= 15 is 0 Å². The van der Waals surface area contributed by atoms with E-state index in [0.29, 0.717) is 12.8 Å². The quantitative estimate of drug-likeness (QED) is 0.277. The summed E-state index contributed by atoms with van der Waals surface area (Å²) in [4.78, 5) is 11.9. The number of rotatable bonds is 6. The Labute approximate surface area is 176 Å². The SMILES string of the molecule is CC(O)CC(OC1OC(CO)C(O)C(O)C1O)C1=CCC2C(CC1C)OC(=O)C2C. The number of allylic oxidation sites excluding steroid dienone is 1. The van der Waals surface area contributed by atoms with E-state index in [9.17, 15) is 30.3 Å². The third kappa shape index (κ3) is 4.72. The second-order valence-corrected chi connectivity index (χ2v) is 8.91. The van der Waals surface area contributed by atoms with Crippen LogP contribution in [0.5, 0.6) is 0 Å². The Bertz CT molecular complexity index is 634. The van der Waals surface area contributed by atoms with Gasteiger partial charge in [0.25, 0.3) is 0 Å². The predicted octanol–water partition coefficient (Wildman–Crippen LogP) is -0.524. The summed E-state index contributed by atoms with van der Waals surface area (Å²) in [6.45, 7) is 4.95. The van der Waals surface area contributed by atoms with Gasteiger partial charge in [-0.25, -0.2) is 0 Å². The highest BCUT2D eigenvalue weighted by molar-refractivity contribution is 5.74. The van der Waals surface area contributed by atoms with Gasteiger partial charge >= 0.3 is 5.97 Å². The molecular formula is C21H34O9. The first kappa shape index (κ1) is 23.6. The lowest BCUT2D eigenvalue weighted by Gasteiger charge is -2.41. The number of esters is 1. The Balaban J connectivity index is 1.80. The van der Waals surface area contributed by atoms with Crippen molar-refractivity contribution >= 4 is 5.97 Å². The molecule has 0 radical (unpaired) electrons. The van der Waals surface area contributed by atoms with Gasteiger partial charge in [0.05, 0.1) is 24.7 Å². The normalized spacial score (nSPS) is 43.9. The van der Waals surface area contributed by atoms with Gasteiger partial charge in [0.1, 0.15) is 30.5 Å². The zero-order valence-corrected chi connectivity index (χ0v) is 17.6. The van der Waals surface area contributed by atoms with Crippen LogP contribution in [0, 0.1) is 17.8 Å². The molecule has 30 heavy (non-hydrogen) atoms. The van der Waals surface area contributed by atoms with Gasteiger partial charge in [0.15, 0.2) is 6.29 Å². The molecule has 2 heterocycles. The number of fused-ring (bicyclic) bond motifs is 1. The number of ether oxygens (including phenoxy) is 3. The third-order valence-corrected chi connectivity index (χ3v) is 6.61. The molecule has 3 aliphatic rings. The second-order valence-electron chi connectivity index (χ2n) is 8.91. The maximum atomic E-state index is 11.9. The highest BCUT2D eigenvalue weighted by Gasteiger charge is 2.47. The average molecular weight is 430 g/mol. The highest BCUT2D eigenvalue weighted by atomic mass is 16.7. The predicted molar refractivity (Wildman–Crippen MR) is 104 cm³/mol. The van der Waals surface area contributed by atoms with Crippen LogP contribution >= 0.6 is 0 Å². The minimum absolute atomic E-state index is 0.00765. The zero-order valence-electron chi connectivity index (χ0n) is 17.6. The van der Waals surface area contributed by atoms with Crippen molar-refractivity contribution in [2.24, 2.45) is 17.8 Å². The highest BCUT2D eigenvalue weighted by Crippen LogP contribution is 2.41. The minimum Gasteiger partial charge on any atom is -0.462 e. The van der Waals surface area contributed by atoms with Gasteiger partial charge in [0.2, 0.25) is 0 Å². The van der Waals surface area contributed by atoms with E-state index in [1.807, 2.05) is 19.9 Å². The van der Waals surface area contributed by atoms with Gasteiger partial charge in [0, 0.05) is 12.3 Å². The number of hydrogen-bond acceptors (Lipinski definition) is 9. The van der Waals surface area contributed by atoms with Crippen molar-refractivity contribution in [3.05, 3.63) is 11.6 Å². The number of hydrogen-bond donors (Lipinski definition) is 5. The largest absolute Gasteiger partial charge is 0.462 e. The van der Waals surface area contributed by atoms with Crippen LogP contribution in [0.3, 0.4) is 0 Å². The molecule has 9 nitrogen and oxygen atoms in total. The van der Waals surface area contributed by atoms with Crippen molar-refractivity contribution in [2.45, 2.75) is 89.1 Å². The number of carbonyl (C=O) groups is 1. The summed E-state index contributed by atoms with van der Waals surface area (Å²) in [6.07, 6.45) is -4.85. The summed E-state index contributed by atoms with van der Waals surface area (Å²) in [6, 6.07) is 0. The first-order chi connectivity index (χ1) is 14.1. The smallest absolute Gasteiger partial charge is 0.309 e. The van der Waals surface area contributed by atoms with Crippen LogP contribution in [0.2, 0.25) is 0 Å². The Morgan fingerprint density at radius 3 is 2.53 bits per heavy atom. The average Bonchev–Trinajstić information content (AvgIpc) is 2.85. The maximum Gasteiger partial charge on any atom is 0.309 e. The third-order valence-electron chi connectivity index (χ3n) is 6.61. The molecule has 0 spiro atoms. The molecule has 3 rings (SSSR count). The molecular weight excluding hydrogens is 396 g/mol.